The lowest BCUT2D eigenvalue weighted by molar-refractivity contribution is 1.78. The molecule has 0 aliphatic rings. The van der Waals surface area contributed by atoms with E-state index in [-0.39, 0.29) is 0 Å². The lowest BCUT2D eigenvalue weighted by Crippen LogP contribution is -1.64. The Hall–Kier alpha value is -1.34. The van der Waals surface area contributed by atoms with Crippen LogP contribution < -0.4 is 0 Å². The van der Waals surface area contributed by atoms with Crippen LogP contribution in [0.15, 0.2) is 30.3 Å². The molecule has 0 N–H and O–H groups in total. The molecular weight excluding hydrogens is 176 g/mol. The number of thiophene rings is 1. The van der Waals surface area contributed by atoms with E-state index in [1.165, 1.54) is 20.2 Å². The molecular formula is C12H5S. The molecule has 1 aromatic heterocycles. The van der Waals surface area contributed by atoms with E-state index in [4.69, 9.17) is 0 Å². The normalized spacial score (nSPS) is 11.1. The second-order valence-corrected chi connectivity index (χ2v) is 3.96. The first-order chi connectivity index (χ1) is 6.45. The summed E-state index contributed by atoms with van der Waals surface area (Å²) in [6, 6.07) is 19.2. The number of benzene rings is 2. The summed E-state index contributed by atoms with van der Waals surface area (Å²) in [4.78, 5) is 0. The van der Waals surface area contributed by atoms with Crippen molar-refractivity contribution in [3.8, 4) is 0 Å². The van der Waals surface area contributed by atoms with Gasteiger partial charge in [0.15, 0.2) is 0 Å². The Morgan fingerprint density at radius 1 is 1.08 bits per heavy atom. The Balaban J connectivity index is 2.64. The van der Waals surface area contributed by atoms with Gasteiger partial charge in [-0.25, -0.2) is 0 Å². The van der Waals surface area contributed by atoms with Crippen molar-refractivity contribution in [2.75, 3.05) is 0 Å². The highest BCUT2D eigenvalue weighted by molar-refractivity contribution is 7.25. The highest BCUT2D eigenvalue weighted by atomic mass is 32.1. The molecule has 3 rings (SSSR count). The number of fused-ring (bicyclic) bond motifs is 3. The first-order valence-electron chi connectivity index (χ1n) is 4.06. The highest BCUT2D eigenvalue weighted by Crippen LogP contribution is 2.32. The van der Waals surface area contributed by atoms with E-state index in [1.54, 1.807) is 11.3 Å². The summed E-state index contributed by atoms with van der Waals surface area (Å²) in [7, 11) is 0. The van der Waals surface area contributed by atoms with E-state index < -0.39 is 0 Å². The molecule has 59 valence electrons. The molecule has 13 heavy (non-hydrogen) atoms. The molecule has 0 saturated heterocycles. The van der Waals surface area contributed by atoms with Crippen molar-refractivity contribution in [2.24, 2.45) is 0 Å². The largest absolute Gasteiger partial charge is 0.135 e. The van der Waals surface area contributed by atoms with E-state index >= 15 is 0 Å². The number of hydrogen-bond acceptors (Lipinski definition) is 1. The summed E-state index contributed by atoms with van der Waals surface area (Å²) in [6.45, 7) is 0. The summed E-state index contributed by atoms with van der Waals surface area (Å²) >= 11 is 1.78. The molecule has 1 heteroatoms. The Kier molecular flexibility index (Phi) is 1.41. The van der Waals surface area contributed by atoms with E-state index in [0.29, 0.717) is 0 Å². The van der Waals surface area contributed by atoms with Crippen LogP contribution in [0.5, 0.6) is 0 Å². The van der Waals surface area contributed by atoms with Crippen LogP contribution in [0.2, 0.25) is 0 Å². The maximum Gasteiger partial charge on any atom is 0.0368 e. The third kappa shape index (κ3) is 0.973. The summed E-state index contributed by atoms with van der Waals surface area (Å²) in [5, 5.41) is 2.44. The molecule has 1 heterocycles. The molecule has 0 atom stereocenters. The summed E-state index contributed by atoms with van der Waals surface area (Å²) in [6.07, 6.45) is 0. The molecule has 3 aromatic rings. The molecule has 0 nitrogen and oxygen atoms in total. The lowest BCUT2D eigenvalue weighted by atomic mass is 10.2. The van der Waals surface area contributed by atoms with Gasteiger partial charge >= 0.3 is 0 Å². The minimum absolute atomic E-state index is 1.17. The Labute approximate surface area is 80.4 Å². The predicted molar refractivity (Wildman–Crippen MR) is 55.8 cm³/mol. The van der Waals surface area contributed by atoms with E-state index in [9.17, 15) is 0 Å². The van der Waals surface area contributed by atoms with Crippen molar-refractivity contribution in [3.05, 3.63) is 48.5 Å². The maximum absolute atomic E-state index is 3.10. The van der Waals surface area contributed by atoms with Crippen LogP contribution in [0.25, 0.3) is 20.2 Å². The molecule has 0 aliphatic carbocycles. The van der Waals surface area contributed by atoms with Crippen molar-refractivity contribution in [1.82, 2.24) is 0 Å². The first kappa shape index (κ1) is 7.10. The van der Waals surface area contributed by atoms with Gasteiger partial charge in [0.1, 0.15) is 0 Å². The molecule has 3 radical (unpaired) electrons. The zero-order valence-corrected chi connectivity index (χ0v) is 7.61. The number of hydrogen-bond donors (Lipinski definition) is 0. The molecule has 0 spiro atoms. The van der Waals surface area contributed by atoms with Gasteiger partial charge in [0.2, 0.25) is 0 Å². The summed E-state index contributed by atoms with van der Waals surface area (Å²) < 4.78 is 2.54. The average molecular weight is 181 g/mol. The Morgan fingerprint density at radius 3 is 3.00 bits per heavy atom. The van der Waals surface area contributed by atoms with Gasteiger partial charge in [-0.3, -0.25) is 0 Å². The third-order valence-electron chi connectivity index (χ3n) is 2.09. The molecule has 0 unspecified atom stereocenters. The van der Waals surface area contributed by atoms with Crippen molar-refractivity contribution in [1.29, 1.82) is 0 Å². The monoisotopic (exact) mass is 181 g/mol. The quantitative estimate of drug-likeness (QED) is 0.498. The molecule has 0 aliphatic heterocycles. The highest BCUT2D eigenvalue weighted by Gasteiger charge is 2.01. The fourth-order valence-electron chi connectivity index (χ4n) is 1.50. The topological polar surface area (TPSA) is 0 Å². The smallest absolute Gasteiger partial charge is 0.0368 e. The van der Waals surface area contributed by atoms with Crippen LogP contribution in [0.4, 0.5) is 0 Å². The van der Waals surface area contributed by atoms with E-state index in [1.807, 2.05) is 6.07 Å². The van der Waals surface area contributed by atoms with Crippen molar-refractivity contribution in [2.45, 2.75) is 0 Å². The maximum atomic E-state index is 3.10. The van der Waals surface area contributed by atoms with Gasteiger partial charge in [-0.2, -0.15) is 0 Å². The Bertz CT molecular complexity index is 513. The first-order valence-corrected chi connectivity index (χ1v) is 4.88. The number of rotatable bonds is 0. The van der Waals surface area contributed by atoms with Gasteiger partial charge in [0, 0.05) is 26.2 Å². The van der Waals surface area contributed by atoms with Crippen LogP contribution in [-0.4, -0.2) is 0 Å². The third-order valence-corrected chi connectivity index (χ3v) is 3.20. The van der Waals surface area contributed by atoms with Crippen molar-refractivity contribution in [3.63, 3.8) is 0 Å². The van der Waals surface area contributed by atoms with Crippen molar-refractivity contribution < 1.29 is 0 Å². The van der Waals surface area contributed by atoms with Crippen LogP contribution in [0.1, 0.15) is 0 Å². The molecule has 0 fully saturated rings. The van der Waals surface area contributed by atoms with Crippen LogP contribution in [-0.2, 0) is 0 Å². The second-order valence-electron chi connectivity index (χ2n) is 2.88. The zero-order chi connectivity index (χ0) is 8.67. The fraction of sp³-hybridized carbons (Fsp3) is 0. The lowest BCUT2D eigenvalue weighted by Gasteiger charge is -1.87. The molecule has 0 bridgehead atoms. The average Bonchev–Trinajstić information content (AvgIpc) is 2.56. The summed E-state index contributed by atoms with van der Waals surface area (Å²) in [5.41, 5.74) is 0. The van der Waals surface area contributed by atoms with Gasteiger partial charge in [0.05, 0.1) is 0 Å². The fourth-order valence-corrected chi connectivity index (χ4v) is 2.54. The van der Waals surface area contributed by atoms with Crippen LogP contribution in [0, 0.1) is 18.2 Å². The van der Waals surface area contributed by atoms with Gasteiger partial charge in [-0.15, -0.1) is 11.3 Å². The molecule has 2 aromatic carbocycles. The predicted octanol–water partition coefficient (Wildman–Crippen LogP) is 3.46. The van der Waals surface area contributed by atoms with Crippen molar-refractivity contribution >= 4 is 31.5 Å². The Morgan fingerprint density at radius 2 is 2.00 bits per heavy atom. The SMILES string of the molecule is [c]1[c]cc2sc3ccccc3c2[c]1. The minimum atomic E-state index is 1.17. The second kappa shape index (κ2) is 2.57. The standard InChI is InChI=1S/C12H5S/c1-3-7-11-9(5-1)10-6-2-4-8-12(10)13-11/h1,3,5,7-8H. The molecule has 0 amide bonds. The van der Waals surface area contributed by atoms with Gasteiger partial charge in [-0.1, -0.05) is 18.2 Å². The molecule has 0 saturated carbocycles. The summed E-state index contributed by atoms with van der Waals surface area (Å²) in [5.74, 6) is 0. The minimum Gasteiger partial charge on any atom is -0.135 e. The van der Waals surface area contributed by atoms with Crippen LogP contribution >= 0.6 is 11.3 Å². The zero-order valence-electron chi connectivity index (χ0n) is 6.79. The van der Waals surface area contributed by atoms with Gasteiger partial charge in [-0.05, 0) is 24.3 Å². The van der Waals surface area contributed by atoms with Gasteiger partial charge in [0.25, 0.3) is 0 Å². The van der Waals surface area contributed by atoms with E-state index in [2.05, 4.69) is 42.5 Å². The van der Waals surface area contributed by atoms with Gasteiger partial charge < -0.3 is 0 Å². The van der Waals surface area contributed by atoms with E-state index in [0.717, 1.165) is 0 Å². The van der Waals surface area contributed by atoms with Crippen LogP contribution in [0.3, 0.4) is 0 Å².